The van der Waals surface area contributed by atoms with E-state index in [9.17, 15) is 17.2 Å². The number of rotatable bonds is 7. The van der Waals surface area contributed by atoms with E-state index in [0.29, 0.717) is 5.02 Å². The van der Waals surface area contributed by atoms with E-state index in [4.69, 9.17) is 27.9 Å². The monoisotopic (exact) mass is 530 g/mol. The molecule has 0 bridgehead atoms. The van der Waals surface area contributed by atoms with Crippen LogP contribution in [-0.2, 0) is 10.0 Å². The van der Waals surface area contributed by atoms with Gasteiger partial charge in [0.25, 0.3) is 10.0 Å². The second-order valence-electron chi connectivity index (χ2n) is 7.41. The molecular weight excluding hydrogens is 513 g/mol. The molecule has 0 fully saturated rings. The normalized spacial score (nSPS) is 16.4. The van der Waals surface area contributed by atoms with Gasteiger partial charge in [-0.2, -0.15) is 0 Å². The third kappa shape index (κ3) is 5.48. The summed E-state index contributed by atoms with van der Waals surface area (Å²) < 4.78 is 61.2. The minimum atomic E-state index is -4.22. The lowest BCUT2D eigenvalue weighted by atomic mass is 9.84. The van der Waals surface area contributed by atoms with Gasteiger partial charge in [-0.3, -0.25) is 4.72 Å². The van der Waals surface area contributed by atoms with Crippen molar-refractivity contribution in [2.24, 2.45) is 5.92 Å². The molecular formula is C22H18Cl2F2N2O3S2. The predicted octanol–water partition coefficient (Wildman–Crippen LogP) is 6.79. The maximum Gasteiger partial charge on any atom is 0.266 e. The highest BCUT2D eigenvalue weighted by molar-refractivity contribution is 7.92. The fraction of sp³-hybridized carbons (Fsp3) is 0.227. The van der Waals surface area contributed by atoms with Gasteiger partial charge in [0.05, 0.1) is 22.2 Å². The summed E-state index contributed by atoms with van der Waals surface area (Å²) in [6.45, 7) is 0.169. The summed E-state index contributed by atoms with van der Waals surface area (Å²) >= 11 is 13.7. The Morgan fingerprint density at radius 1 is 1.18 bits per heavy atom. The summed E-state index contributed by atoms with van der Waals surface area (Å²) in [4.78, 5) is 3.23. The van der Waals surface area contributed by atoms with Crippen LogP contribution in [0, 0.1) is 17.6 Å². The number of ether oxygens (including phenoxy) is 1. The molecule has 33 heavy (non-hydrogen) atoms. The van der Waals surface area contributed by atoms with Crippen LogP contribution in [0.4, 0.5) is 14.6 Å². The Morgan fingerprint density at radius 2 is 2.00 bits per heavy atom. The summed E-state index contributed by atoms with van der Waals surface area (Å²) in [5.74, 6) is -1.38. The third-order valence-corrected chi connectivity index (χ3v) is 7.75. The molecule has 1 aromatic heterocycles. The number of hydrogen-bond donors (Lipinski definition) is 1. The number of anilines is 1. The molecule has 0 amide bonds. The Morgan fingerprint density at radius 3 is 2.73 bits per heavy atom. The van der Waals surface area contributed by atoms with E-state index in [1.807, 2.05) is 6.08 Å². The van der Waals surface area contributed by atoms with E-state index in [1.54, 1.807) is 6.07 Å². The molecule has 0 spiro atoms. The second kappa shape index (κ2) is 9.97. The summed E-state index contributed by atoms with van der Waals surface area (Å²) in [6, 6.07) is 6.20. The number of benzene rings is 2. The number of halogens is 4. The highest BCUT2D eigenvalue weighted by atomic mass is 35.5. The Hall–Kier alpha value is -2.20. The topological polar surface area (TPSA) is 68.3 Å². The highest BCUT2D eigenvalue weighted by Gasteiger charge is 2.25. The lowest BCUT2D eigenvalue weighted by Gasteiger charge is -2.26. The molecule has 2 aromatic carbocycles. The van der Waals surface area contributed by atoms with Crippen molar-refractivity contribution < 1.29 is 21.9 Å². The number of thiazole rings is 1. The quantitative estimate of drug-likeness (QED) is 0.365. The number of hydrogen-bond acceptors (Lipinski definition) is 5. The number of aromatic nitrogens is 1. The van der Waals surface area contributed by atoms with Gasteiger partial charge in [0, 0.05) is 17.4 Å². The van der Waals surface area contributed by atoms with Crippen LogP contribution in [0.5, 0.6) is 5.75 Å². The molecule has 5 nitrogen and oxygen atoms in total. The lowest BCUT2D eigenvalue weighted by molar-refractivity contribution is 0.267. The van der Waals surface area contributed by atoms with E-state index < -0.39 is 26.6 Å². The van der Waals surface area contributed by atoms with Crippen LogP contribution < -0.4 is 9.46 Å². The molecule has 0 saturated carbocycles. The van der Waals surface area contributed by atoms with Crippen LogP contribution in [0.25, 0.3) is 5.57 Å². The first-order valence-corrected chi connectivity index (χ1v) is 13.1. The molecule has 1 unspecified atom stereocenters. The number of nitrogens with zero attached hydrogens (tertiary/aromatic N) is 1. The Balaban J connectivity index is 1.53. The van der Waals surface area contributed by atoms with Gasteiger partial charge < -0.3 is 4.74 Å². The van der Waals surface area contributed by atoms with Crippen molar-refractivity contribution in [3.8, 4) is 5.75 Å². The summed E-state index contributed by atoms with van der Waals surface area (Å²) in [5.41, 5.74) is 3.10. The second-order valence-corrected chi connectivity index (χ2v) is 10.6. The predicted molar refractivity (Wildman–Crippen MR) is 127 cm³/mol. The van der Waals surface area contributed by atoms with E-state index in [2.05, 4.69) is 9.71 Å². The van der Waals surface area contributed by atoms with E-state index in [-0.39, 0.29) is 29.1 Å². The van der Waals surface area contributed by atoms with Crippen molar-refractivity contribution in [2.75, 3.05) is 11.3 Å². The van der Waals surface area contributed by atoms with Crippen molar-refractivity contribution in [3.63, 3.8) is 0 Å². The van der Waals surface area contributed by atoms with E-state index in [0.717, 1.165) is 42.5 Å². The lowest BCUT2D eigenvalue weighted by Crippen LogP contribution is -2.18. The molecule has 0 radical (unpaired) electrons. The minimum absolute atomic E-state index is 0.0249. The highest BCUT2D eigenvalue weighted by Crippen LogP contribution is 2.38. The first kappa shape index (κ1) is 23.9. The zero-order valence-corrected chi connectivity index (χ0v) is 20.2. The van der Waals surface area contributed by atoms with Crippen molar-refractivity contribution in [1.82, 2.24) is 4.98 Å². The molecule has 1 N–H and O–H groups in total. The average Bonchev–Trinajstić information content (AvgIpc) is 3.26. The van der Waals surface area contributed by atoms with Crippen molar-refractivity contribution in [1.29, 1.82) is 0 Å². The van der Waals surface area contributed by atoms with Gasteiger partial charge in [-0.1, -0.05) is 35.3 Å². The Labute approximate surface area is 204 Å². The summed E-state index contributed by atoms with van der Waals surface area (Å²) in [5, 5.41) is 1.74. The third-order valence-electron chi connectivity index (χ3n) is 5.19. The van der Waals surface area contributed by atoms with E-state index in [1.165, 1.54) is 34.4 Å². The van der Waals surface area contributed by atoms with Crippen LogP contribution in [0.3, 0.4) is 0 Å². The van der Waals surface area contributed by atoms with Crippen molar-refractivity contribution in [3.05, 3.63) is 74.5 Å². The van der Waals surface area contributed by atoms with Gasteiger partial charge in [0.15, 0.2) is 5.82 Å². The molecule has 4 rings (SSSR count). The first-order chi connectivity index (χ1) is 15.7. The Kier molecular flexibility index (Phi) is 7.23. The molecule has 1 aliphatic carbocycles. The van der Waals surface area contributed by atoms with Crippen molar-refractivity contribution in [2.45, 2.75) is 24.2 Å². The fourth-order valence-electron chi connectivity index (χ4n) is 3.64. The SMILES string of the molecule is O=S(=O)(Nc1cscn1)c1cc(Cl)c(OCC2CCCC=C2c2ccc(F)cc2Cl)cc1F. The molecule has 0 saturated heterocycles. The number of allylic oxidation sites excluding steroid dienone is 1. The average molecular weight is 531 g/mol. The number of nitrogens with one attached hydrogen (secondary N) is 1. The maximum absolute atomic E-state index is 14.7. The molecule has 174 valence electrons. The standard InChI is InChI=1S/C22H18Cl2F2N2O3S2/c23-17-7-14(25)5-6-16(17)15-4-2-1-3-13(15)10-31-20-9-19(26)21(8-18(20)24)33(29,30)28-22-11-32-12-27-22/h4-9,11-13,28H,1-3,10H2. The van der Waals surface area contributed by atoms with Gasteiger partial charge in [-0.25, -0.2) is 22.2 Å². The zero-order chi connectivity index (χ0) is 23.6. The van der Waals surface area contributed by atoms with Crippen molar-refractivity contribution >= 4 is 56.0 Å². The molecule has 11 heteroatoms. The molecule has 1 heterocycles. The van der Waals surface area contributed by atoms with Gasteiger partial charge in [-0.05, 0) is 48.6 Å². The molecule has 3 aromatic rings. The van der Waals surface area contributed by atoms with Crippen LogP contribution in [0.15, 0.2) is 52.2 Å². The van der Waals surface area contributed by atoms with Gasteiger partial charge >= 0.3 is 0 Å². The largest absolute Gasteiger partial charge is 0.491 e. The van der Waals surface area contributed by atoms with E-state index >= 15 is 0 Å². The first-order valence-electron chi connectivity index (χ1n) is 9.93. The Bertz CT molecular complexity index is 1300. The fourth-order valence-corrected chi connectivity index (χ4v) is 5.85. The molecule has 1 aliphatic rings. The van der Waals surface area contributed by atoms with Crippen LogP contribution in [0.2, 0.25) is 10.0 Å². The van der Waals surface area contributed by atoms with Crippen LogP contribution >= 0.6 is 34.5 Å². The minimum Gasteiger partial charge on any atom is -0.491 e. The smallest absolute Gasteiger partial charge is 0.266 e. The summed E-state index contributed by atoms with van der Waals surface area (Å²) in [6.07, 6.45) is 4.62. The number of sulfonamides is 1. The molecule has 0 aliphatic heterocycles. The molecule has 1 atom stereocenters. The van der Waals surface area contributed by atoms with Gasteiger partial charge in [0.1, 0.15) is 22.3 Å². The zero-order valence-electron chi connectivity index (χ0n) is 17.0. The van der Waals surface area contributed by atoms with Crippen LogP contribution in [-0.4, -0.2) is 20.0 Å². The van der Waals surface area contributed by atoms with Crippen LogP contribution in [0.1, 0.15) is 24.8 Å². The van der Waals surface area contributed by atoms with Gasteiger partial charge in [0.2, 0.25) is 0 Å². The summed E-state index contributed by atoms with van der Waals surface area (Å²) in [7, 11) is -4.22. The van der Waals surface area contributed by atoms with Gasteiger partial charge in [-0.15, -0.1) is 11.3 Å². The maximum atomic E-state index is 14.7.